The summed E-state index contributed by atoms with van der Waals surface area (Å²) in [6.07, 6.45) is 0. The van der Waals surface area contributed by atoms with Crippen molar-refractivity contribution in [3.8, 4) is 5.75 Å². The van der Waals surface area contributed by atoms with E-state index in [4.69, 9.17) is 22.1 Å². The topological polar surface area (TPSA) is 64.3 Å². The Morgan fingerprint density at radius 2 is 2.05 bits per heavy atom. The number of nitrogen functional groups attached to an aromatic ring is 1. The van der Waals surface area contributed by atoms with Crippen LogP contribution in [0.4, 0.5) is 11.4 Å². The van der Waals surface area contributed by atoms with Crippen molar-refractivity contribution in [3.63, 3.8) is 0 Å². The van der Waals surface area contributed by atoms with Gasteiger partial charge in [-0.15, -0.1) is 0 Å². The van der Waals surface area contributed by atoms with Crippen molar-refractivity contribution in [1.29, 1.82) is 0 Å². The Labute approximate surface area is 130 Å². The molecule has 6 heteroatoms. The molecule has 0 saturated carbocycles. The maximum Gasteiger partial charge on any atom is 0.255 e. The van der Waals surface area contributed by atoms with Crippen LogP contribution >= 0.6 is 27.5 Å². The van der Waals surface area contributed by atoms with E-state index in [1.165, 1.54) is 6.07 Å². The summed E-state index contributed by atoms with van der Waals surface area (Å²) in [7, 11) is 1.56. The number of methoxy groups -OCH3 is 1. The molecule has 3 N–H and O–H groups in total. The summed E-state index contributed by atoms with van der Waals surface area (Å²) < 4.78 is 5.99. The molecule has 0 heterocycles. The average molecular weight is 356 g/mol. The highest BCUT2D eigenvalue weighted by molar-refractivity contribution is 9.10. The third-order valence-electron chi connectivity index (χ3n) is 2.67. The Bertz CT molecular complexity index is 662. The summed E-state index contributed by atoms with van der Waals surface area (Å²) in [4.78, 5) is 12.1. The van der Waals surface area contributed by atoms with Crippen LogP contribution in [0.2, 0.25) is 5.02 Å². The molecule has 0 atom stereocenters. The summed E-state index contributed by atoms with van der Waals surface area (Å²) in [6, 6.07) is 10.0. The molecule has 2 aromatic rings. The molecule has 2 rings (SSSR count). The standard InChI is InChI=1S/C14H12BrClN2O2/c1-20-13-7-9(3-4-10(13)15)18-14(19)8-2-5-11(16)12(17)6-8/h2-7H,17H2,1H3,(H,18,19). The second-order valence-electron chi connectivity index (χ2n) is 4.04. The van der Waals surface area contributed by atoms with Gasteiger partial charge in [0.25, 0.3) is 5.91 Å². The van der Waals surface area contributed by atoms with Gasteiger partial charge in [-0.05, 0) is 46.3 Å². The quantitative estimate of drug-likeness (QED) is 0.820. The predicted octanol–water partition coefficient (Wildman–Crippen LogP) is 3.95. The van der Waals surface area contributed by atoms with Crippen molar-refractivity contribution in [2.45, 2.75) is 0 Å². The summed E-state index contributed by atoms with van der Waals surface area (Å²) >= 11 is 9.17. The second kappa shape index (κ2) is 6.15. The molecule has 0 aromatic heterocycles. The molecule has 2 aromatic carbocycles. The van der Waals surface area contributed by atoms with Gasteiger partial charge in [-0.1, -0.05) is 11.6 Å². The lowest BCUT2D eigenvalue weighted by molar-refractivity contribution is 0.102. The Balaban J connectivity index is 2.21. The first-order valence-corrected chi connectivity index (χ1v) is 6.88. The number of benzene rings is 2. The fraction of sp³-hybridized carbons (Fsp3) is 0.0714. The summed E-state index contributed by atoms with van der Waals surface area (Å²) in [5.41, 5.74) is 7.11. The lowest BCUT2D eigenvalue weighted by Crippen LogP contribution is -2.12. The molecule has 0 spiro atoms. The van der Waals surface area contributed by atoms with Gasteiger partial charge < -0.3 is 15.8 Å². The molecule has 0 saturated heterocycles. The molecule has 0 aliphatic heterocycles. The number of nitrogens with two attached hydrogens (primary N) is 1. The fourth-order valence-electron chi connectivity index (χ4n) is 1.63. The fourth-order valence-corrected chi connectivity index (χ4v) is 2.15. The first-order chi connectivity index (χ1) is 9.51. The van der Waals surface area contributed by atoms with Gasteiger partial charge >= 0.3 is 0 Å². The number of halogens is 2. The van der Waals surface area contributed by atoms with E-state index >= 15 is 0 Å². The third-order valence-corrected chi connectivity index (χ3v) is 3.67. The average Bonchev–Trinajstić information content (AvgIpc) is 2.43. The van der Waals surface area contributed by atoms with E-state index in [1.54, 1.807) is 37.4 Å². The second-order valence-corrected chi connectivity index (χ2v) is 5.30. The van der Waals surface area contributed by atoms with Gasteiger partial charge in [0, 0.05) is 17.3 Å². The lowest BCUT2D eigenvalue weighted by Gasteiger charge is -2.09. The number of hydrogen-bond donors (Lipinski definition) is 2. The van der Waals surface area contributed by atoms with Gasteiger partial charge in [-0.25, -0.2) is 0 Å². The maximum atomic E-state index is 12.1. The molecule has 0 unspecified atom stereocenters. The number of ether oxygens (including phenoxy) is 1. The van der Waals surface area contributed by atoms with Crippen molar-refractivity contribution < 1.29 is 9.53 Å². The Hall–Kier alpha value is -1.72. The first-order valence-electron chi connectivity index (χ1n) is 5.71. The number of carbonyl (C=O) groups is 1. The Morgan fingerprint density at radius 3 is 2.70 bits per heavy atom. The smallest absolute Gasteiger partial charge is 0.255 e. The number of carbonyl (C=O) groups excluding carboxylic acids is 1. The number of rotatable bonds is 3. The van der Waals surface area contributed by atoms with Gasteiger partial charge in [-0.2, -0.15) is 0 Å². The molecule has 0 bridgehead atoms. The zero-order valence-corrected chi connectivity index (χ0v) is 13.0. The van der Waals surface area contributed by atoms with Crippen molar-refractivity contribution in [3.05, 3.63) is 51.5 Å². The SMILES string of the molecule is COc1cc(NC(=O)c2ccc(Cl)c(N)c2)ccc1Br. The van der Waals surface area contributed by atoms with Crippen molar-refractivity contribution >= 4 is 44.8 Å². The summed E-state index contributed by atoms with van der Waals surface area (Å²) in [5, 5.41) is 3.19. The molecule has 0 aliphatic rings. The number of amides is 1. The van der Waals surface area contributed by atoms with Gasteiger partial charge in [0.15, 0.2) is 0 Å². The minimum atomic E-state index is -0.266. The van der Waals surface area contributed by atoms with E-state index in [-0.39, 0.29) is 5.91 Å². The molecule has 1 amide bonds. The monoisotopic (exact) mass is 354 g/mol. The van der Waals surface area contributed by atoms with E-state index in [1.807, 2.05) is 0 Å². The minimum absolute atomic E-state index is 0.266. The molecule has 4 nitrogen and oxygen atoms in total. The molecule has 20 heavy (non-hydrogen) atoms. The highest BCUT2D eigenvalue weighted by Crippen LogP contribution is 2.28. The highest BCUT2D eigenvalue weighted by Gasteiger charge is 2.09. The highest BCUT2D eigenvalue weighted by atomic mass is 79.9. The van der Waals surface area contributed by atoms with Crippen LogP contribution in [0, 0.1) is 0 Å². The van der Waals surface area contributed by atoms with Gasteiger partial charge in [0.2, 0.25) is 0 Å². The third kappa shape index (κ3) is 3.23. The Kier molecular flexibility index (Phi) is 4.52. The van der Waals surface area contributed by atoms with E-state index in [2.05, 4.69) is 21.2 Å². The molecular weight excluding hydrogens is 344 g/mol. The zero-order valence-electron chi connectivity index (χ0n) is 10.6. The predicted molar refractivity (Wildman–Crippen MR) is 84.5 cm³/mol. The van der Waals surface area contributed by atoms with Crippen LogP contribution in [-0.2, 0) is 0 Å². The molecule has 0 fully saturated rings. The van der Waals surface area contributed by atoms with E-state index in [0.29, 0.717) is 27.7 Å². The Morgan fingerprint density at radius 1 is 1.30 bits per heavy atom. The number of anilines is 2. The molecule has 0 radical (unpaired) electrons. The lowest BCUT2D eigenvalue weighted by atomic mass is 10.2. The largest absolute Gasteiger partial charge is 0.495 e. The van der Waals surface area contributed by atoms with Gasteiger partial charge in [0.1, 0.15) is 5.75 Å². The van der Waals surface area contributed by atoms with Crippen LogP contribution in [0.1, 0.15) is 10.4 Å². The van der Waals surface area contributed by atoms with Gasteiger partial charge in [0.05, 0.1) is 22.3 Å². The van der Waals surface area contributed by atoms with E-state index in [9.17, 15) is 4.79 Å². The number of hydrogen-bond acceptors (Lipinski definition) is 3. The number of nitrogens with one attached hydrogen (secondary N) is 1. The normalized spacial score (nSPS) is 10.2. The molecule has 0 aliphatic carbocycles. The minimum Gasteiger partial charge on any atom is -0.495 e. The van der Waals surface area contributed by atoms with Crippen LogP contribution < -0.4 is 15.8 Å². The first kappa shape index (κ1) is 14.7. The van der Waals surface area contributed by atoms with Crippen molar-refractivity contribution in [1.82, 2.24) is 0 Å². The zero-order chi connectivity index (χ0) is 14.7. The van der Waals surface area contributed by atoms with Gasteiger partial charge in [-0.3, -0.25) is 4.79 Å². The van der Waals surface area contributed by atoms with Crippen LogP contribution in [-0.4, -0.2) is 13.0 Å². The molecule has 104 valence electrons. The van der Waals surface area contributed by atoms with Crippen LogP contribution in [0.3, 0.4) is 0 Å². The van der Waals surface area contributed by atoms with E-state index in [0.717, 1.165) is 4.47 Å². The van der Waals surface area contributed by atoms with Crippen molar-refractivity contribution in [2.24, 2.45) is 0 Å². The summed E-state index contributed by atoms with van der Waals surface area (Å²) in [6.45, 7) is 0. The van der Waals surface area contributed by atoms with Crippen molar-refractivity contribution in [2.75, 3.05) is 18.2 Å². The van der Waals surface area contributed by atoms with Crippen LogP contribution in [0.15, 0.2) is 40.9 Å². The van der Waals surface area contributed by atoms with Crippen LogP contribution in [0.5, 0.6) is 5.75 Å². The van der Waals surface area contributed by atoms with Crippen LogP contribution in [0.25, 0.3) is 0 Å². The molecular formula is C14H12BrClN2O2. The maximum absolute atomic E-state index is 12.1. The summed E-state index contributed by atoms with van der Waals surface area (Å²) in [5.74, 6) is 0.371. The van der Waals surface area contributed by atoms with E-state index < -0.39 is 0 Å².